The van der Waals surface area contributed by atoms with Gasteiger partial charge in [-0.15, -0.1) is 0 Å². The number of hydrogen-bond acceptors (Lipinski definition) is 4. The summed E-state index contributed by atoms with van der Waals surface area (Å²) in [6, 6.07) is 9.28. The predicted octanol–water partition coefficient (Wildman–Crippen LogP) is 4.09. The molecule has 30 heavy (non-hydrogen) atoms. The van der Waals surface area contributed by atoms with E-state index in [0.717, 1.165) is 24.8 Å². The Bertz CT molecular complexity index is 1220. The molecule has 1 aliphatic heterocycles. The first kappa shape index (κ1) is 20.4. The number of amides is 1. The molecule has 0 saturated carbocycles. The van der Waals surface area contributed by atoms with Crippen molar-refractivity contribution in [3.8, 4) is 11.3 Å². The van der Waals surface area contributed by atoms with E-state index < -0.39 is 10.0 Å². The van der Waals surface area contributed by atoms with Crippen molar-refractivity contribution in [1.29, 1.82) is 0 Å². The van der Waals surface area contributed by atoms with Gasteiger partial charge in [0.15, 0.2) is 0 Å². The minimum absolute atomic E-state index is 0.321. The molecule has 0 fully saturated rings. The van der Waals surface area contributed by atoms with E-state index in [-0.39, 0.29) is 11.7 Å². The standard InChI is InChI=1S/C22H23FN2O4S/c1-24-22(26)20-17-12-15-6-4-3-5-11-25(30(2,27)28)18(15)13-19(17)29-21(20)14-7-9-16(23)10-8-14/h7-10,12-13H,3-6,11H2,1-2H3,(H,24,26). The van der Waals surface area contributed by atoms with Crippen LogP contribution < -0.4 is 9.62 Å². The molecule has 0 aliphatic carbocycles. The number of carbonyl (C=O) groups is 1. The molecule has 2 aromatic carbocycles. The first-order valence-electron chi connectivity index (χ1n) is 9.84. The highest BCUT2D eigenvalue weighted by Gasteiger charge is 2.27. The lowest BCUT2D eigenvalue weighted by atomic mass is 9.98. The van der Waals surface area contributed by atoms with Crippen molar-refractivity contribution in [2.24, 2.45) is 0 Å². The van der Waals surface area contributed by atoms with Crippen LogP contribution in [-0.4, -0.2) is 34.2 Å². The van der Waals surface area contributed by atoms with Crippen molar-refractivity contribution in [2.75, 3.05) is 24.2 Å². The number of benzene rings is 2. The zero-order chi connectivity index (χ0) is 21.5. The van der Waals surface area contributed by atoms with Gasteiger partial charge in [0, 0.05) is 30.6 Å². The minimum Gasteiger partial charge on any atom is -0.455 e. The number of rotatable bonds is 3. The second kappa shape index (κ2) is 7.75. The van der Waals surface area contributed by atoms with Gasteiger partial charge in [0.05, 0.1) is 17.5 Å². The fourth-order valence-corrected chi connectivity index (χ4v) is 4.96. The third kappa shape index (κ3) is 3.67. The number of nitrogens with zero attached hydrogens (tertiary/aromatic N) is 1. The molecule has 6 nitrogen and oxygen atoms in total. The van der Waals surface area contributed by atoms with E-state index in [0.29, 0.717) is 46.5 Å². The number of fused-ring (bicyclic) bond motifs is 2. The number of hydrogen-bond donors (Lipinski definition) is 1. The van der Waals surface area contributed by atoms with E-state index >= 15 is 0 Å². The highest BCUT2D eigenvalue weighted by atomic mass is 32.2. The molecule has 3 aromatic rings. The molecule has 1 amide bonds. The van der Waals surface area contributed by atoms with Gasteiger partial charge in [-0.3, -0.25) is 9.10 Å². The normalized spacial score (nSPS) is 14.8. The molecule has 0 saturated heterocycles. The van der Waals surface area contributed by atoms with Crippen LogP contribution in [0.3, 0.4) is 0 Å². The number of aryl methyl sites for hydroxylation is 1. The number of furan rings is 1. The molecule has 0 unspecified atom stereocenters. The Kier molecular flexibility index (Phi) is 5.27. The Balaban J connectivity index is 1.99. The van der Waals surface area contributed by atoms with Crippen molar-refractivity contribution in [2.45, 2.75) is 25.7 Å². The summed E-state index contributed by atoms with van der Waals surface area (Å²) in [4.78, 5) is 12.7. The van der Waals surface area contributed by atoms with Gasteiger partial charge in [0.25, 0.3) is 5.91 Å². The highest BCUT2D eigenvalue weighted by Crippen LogP contribution is 2.39. The molecule has 1 aliphatic rings. The van der Waals surface area contributed by atoms with Gasteiger partial charge in [-0.1, -0.05) is 6.42 Å². The summed E-state index contributed by atoms with van der Waals surface area (Å²) in [7, 11) is -1.92. The van der Waals surface area contributed by atoms with Crippen LogP contribution in [0.15, 0.2) is 40.8 Å². The molecule has 4 rings (SSSR count). The summed E-state index contributed by atoms with van der Waals surface area (Å²) in [5, 5.41) is 3.25. The summed E-state index contributed by atoms with van der Waals surface area (Å²) < 4.78 is 45.7. The van der Waals surface area contributed by atoms with Crippen LogP contribution in [0.5, 0.6) is 0 Å². The molecule has 8 heteroatoms. The van der Waals surface area contributed by atoms with Crippen molar-refractivity contribution in [3.63, 3.8) is 0 Å². The van der Waals surface area contributed by atoms with Crippen LogP contribution in [0.2, 0.25) is 0 Å². The van der Waals surface area contributed by atoms with Crippen LogP contribution in [0.1, 0.15) is 35.2 Å². The Labute approximate surface area is 174 Å². The lowest BCUT2D eigenvalue weighted by molar-refractivity contribution is 0.0964. The summed E-state index contributed by atoms with van der Waals surface area (Å²) in [6.07, 6.45) is 4.56. The number of nitrogens with one attached hydrogen (secondary N) is 1. The zero-order valence-electron chi connectivity index (χ0n) is 16.9. The summed E-state index contributed by atoms with van der Waals surface area (Å²) in [5.74, 6) is -0.379. The van der Waals surface area contributed by atoms with Crippen LogP contribution in [0, 0.1) is 5.82 Å². The molecule has 158 valence electrons. The zero-order valence-corrected chi connectivity index (χ0v) is 17.7. The lowest BCUT2D eigenvalue weighted by Gasteiger charge is -2.27. The van der Waals surface area contributed by atoms with E-state index in [1.54, 1.807) is 18.2 Å². The first-order chi connectivity index (χ1) is 14.3. The van der Waals surface area contributed by atoms with Crippen molar-refractivity contribution in [1.82, 2.24) is 5.32 Å². The second-order valence-corrected chi connectivity index (χ2v) is 9.42. The summed E-state index contributed by atoms with van der Waals surface area (Å²) in [5.41, 5.74) is 2.80. The topological polar surface area (TPSA) is 79.6 Å². The van der Waals surface area contributed by atoms with Crippen LogP contribution in [0.4, 0.5) is 10.1 Å². The summed E-state index contributed by atoms with van der Waals surface area (Å²) >= 11 is 0. The van der Waals surface area contributed by atoms with Gasteiger partial charge in [-0.2, -0.15) is 0 Å². The van der Waals surface area contributed by atoms with E-state index in [2.05, 4.69) is 5.32 Å². The average Bonchev–Trinajstić information content (AvgIpc) is 3.05. The SMILES string of the molecule is CNC(=O)c1c(-c2ccc(F)cc2)oc2cc3c(cc12)CCCCCN3S(C)(=O)=O. The number of sulfonamides is 1. The minimum atomic E-state index is -3.46. The molecule has 2 heterocycles. The van der Waals surface area contributed by atoms with Crippen molar-refractivity contribution >= 4 is 32.6 Å². The van der Waals surface area contributed by atoms with Gasteiger partial charge < -0.3 is 9.73 Å². The molecule has 0 radical (unpaired) electrons. The Hall–Kier alpha value is -2.87. The van der Waals surface area contributed by atoms with Crippen LogP contribution in [-0.2, 0) is 16.4 Å². The maximum absolute atomic E-state index is 13.4. The lowest BCUT2D eigenvalue weighted by Crippen LogP contribution is -2.32. The highest BCUT2D eigenvalue weighted by molar-refractivity contribution is 7.92. The molecule has 1 N–H and O–H groups in total. The number of anilines is 1. The van der Waals surface area contributed by atoms with E-state index in [1.807, 2.05) is 6.07 Å². The van der Waals surface area contributed by atoms with Crippen molar-refractivity contribution in [3.05, 3.63) is 53.3 Å². The average molecular weight is 431 g/mol. The molecule has 0 bridgehead atoms. The predicted molar refractivity (Wildman–Crippen MR) is 115 cm³/mol. The van der Waals surface area contributed by atoms with E-state index in [9.17, 15) is 17.6 Å². The summed E-state index contributed by atoms with van der Waals surface area (Å²) in [6.45, 7) is 0.408. The quantitative estimate of drug-likeness (QED) is 0.679. The number of halogens is 1. The van der Waals surface area contributed by atoms with E-state index in [4.69, 9.17) is 4.42 Å². The monoisotopic (exact) mass is 430 g/mol. The van der Waals surface area contributed by atoms with E-state index in [1.165, 1.54) is 29.7 Å². The third-order valence-electron chi connectivity index (χ3n) is 5.43. The number of carbonyl (C=O) groups excluding carboxylic acids is 1. The fourth-order valence-electron chi connectivity index (χ4n) is 3.98. The Morgan fingerprint density at radius 2 is 1.87 bits per heavy atom. The third-order valence-corrected chi connectivity index (χ3v) is 6.61. The smallest absolute Gasteiger partial charge is 0.255 e. The maximum Gasteiger partial charge on any atom is 0.255 e. The first-order valence-corrected chi connectivity index (χ1v) is 11.7. The fraction of sp³-hybridized carbons (Fsp3) is 0.318. The van der Waals surface area contributed by atoms with Gasteiger partial charge in [0.2, 0.25) is 10.0 Å². The molecule has 1 aromatic heterocycles. The largest absolute Gasteiger partial charge is 0.455 e. The van der Waals surface area contributed by atoms with Gasteiger partial charge in [0.1, 0.15) is 17.2 Å². The van der Waals surface area contributed by atoms with Gasteiger partial charge in [-0.05, 0) is 55.2 Å². The van der Waals surface area contributed by atoms with Gasteiger partial charge in [-0.25, -0.2) is 12.8 Å². The van der Waals surface area contributed by atoms with Crippen LogP contribution in [0.25, 0.3) is 22.3 Å². The Morgan fingerprint density at radius 1 is 1.13 bits per heavy atom. The molecule has 0 spiro atoms. The van der Waals surface area contributed by atoms with Crippen molar-refractivity contribution < 1.29 is 22.0 Å². The Morgan fingerprint density at radius 3 is 2.53 bits per heavy atom. The van der Waals surface area contributed by atoms with Crippen LogP contribution >= 0.6 is 0 Å². The second-order valence-electron chi connectivity index (χ2n) is 7.52. The molecular formula is C22H23FN2O4S. The molecular weight excluding hydrogens is 407 g/mol. The maximum atomic E-state index is 13.4. The molecule has 0 atom stereocenters. The van der Waals surface area contributed by atoms with Gasteiger partial charge >= 0.3 is 0 Å².